The molecule has 3 nitrogen and oxygen atoms in total. The molecule has 0 saturated heterocycles. The Kier molecular flexibility index (Phi) is 3.69. The van der Waals surface area contributed by atoms with E-state index in [-0.39, 0.29) is 0 Å². The van der Waals surface area contributed by atoms with Gasteiger partial charge >= 0.3 is 0 Å². The first-order valence-corrected chi connectivity index (χ1v) is 6.35. The third-order valence-corrected chi connectivity index (χ3v) is 3.10. The second kappa shape index (κ2) is 5.24. The Morgan fingerprint density at radius 2 is 2.06 bits per heavy atom. The predicted octanol–water partition coefficient (Wildman–Crippen LogP) is 3.52. The van der Waals surface area contributed by atoms with Crippen LogP contribution in [0.2, 0.25) is 5.02 Å². The summed E-state index contributed by atoms with van der Waals surface area (Å²) >= 11 is 5.91. The lowest BCUT2D eigenvalue weighted by atomic mass is 10.2. The predicted molar refractivity (Wildman–Crippen MR) is 72.0 cm³/mol. The number of hydrogen-bond acceptors (Lipinski definition) is 2. The molecule has 0 aliphatic rings. The maximum atomic E-state index is 9.18. The van der Waals surface area contributed by atoms with E-state index in [0.717, 1.165) is 29.9 Å². The molecule has 1 aromatic carbocycles. The highest BCUT2D eigenvalue weighted by Gasteiger charge is 2.11. The average molecular weight is 260 g/mol. The average Bonchev–Trinajstić information content (AvgIpc) is 2.81. The van der Waals surface area contributed by atoms with Crippen molar-refractivity contribution in [2.45, 2.75) is 26.7 Å². The molecule has 2 aromatic rings. The summed E-state index contributed by atoms with van der Waals surface area (Å²) in [6.45, 7) is 4.15. The molecule has 0 N–H and O–H groups in total. The van der Waals surface area contributed by atoms with Gasteiger partial charge in [-0.2, -0.15) is 10.4 Å². The van der Waals surface area contributed by atoms with Crippen LogP contribution in [0.5, 0.6) is 0 Å². The second-order valence-corrected chi connectivity index (χ2v) is 4.46. The lowest BCUT2D eigenvalue weighted by Crippen LogP contribution is -2.04. The topological polar surface area (TPSA) is 41.6 Å². The Bertz CT molecular complexity index is 608. The van der Waals surface area contributed by atoms with Crippen molar-refractivity contribution in [3.05, 3.63) is 46.2 Å². The van der Waals surface area contributed by atoms with Crippen LogP contribution >= 0.6 is 11.6 Å². The third kappa shape index (κ3) is 2.25. The Labute approximate surface area is 112 Å². The highest BCUT2D eigenvalue weighted by molar-refractivity contribution is 6.30. The Balaban J connectivity index is 2.61. The molecule has 0 bridgehead atoms. The van der Waals surface area contributed by atoms with Gasteiger partial charge in [0, 0.05) is 10.7 Å². The minimum absolute atomic E-state index is 0.544. The molecular formula is C14H14ClN3. The monoisotopic (exact) mass is 259 g/mol. The maximum Gasteiger partial charge on any atom is 0.101 e. The number of rotatable bonds is 3. The highest BCUT2D eigenvalue weighted by Crippen LogP contribution is 2.21. The zero-order chi connectivity index (χ0) is 13.1. The molecule has 0 fully saturated rings. The van der Waals surface area contributed by atoms with Gasteiger partial charge in [-0.25, -0.2) is 4.68 Å². The van der Waals surface area contributed by atoms with E-state index in [9.17, 15) is 5.26 Å². The van der Waals surface area contributed by atoms with Crippen LogP contribution in [0.15, 0.2) is 24.3 Å². The van der Waals surface area contributed by atoms with E-state index in [4.69, 9.17) is 11.6 Å². The normalized spacial score (nSPS) is 10.3. The molecule has 1 heterocycles. The van der Waals surface area contributed by atoms with E-state index >= 15 is 0 Å². The standard InChI is InChI=1S/C14H14ClN3/c1-3-12-8-13(4-2)18(17-12)14-6-5-11(15)7-10(14)9-16/h5-8H,3-4H2,1-2H3. The van der Waals surface area contributed by atoms with Gasteiger partial charge in [-0.3, -0.25) is 0 Å². The Morgan fingerprint density at radius 3 is 2.67 bits per heavy atom. The van der Waals surface area contributed by atoms with Crippen LogP contribution in [-0.2, 0) is 12.8 Å². The summed E-state index contributed by atoms with van der Waals surface area (Å²) in [6, 6.07) is 9.54. The summed E-state index contributed by atoms with van der Waals surface area (Å²) in [5, 5.41) is 14.3. The summed E-state index contributed by atoms with van der Waals surface area (Å²) in [4.78, 5) is 0. The van der Waals surface area contributed by atoms with Crippen molar-refractivity contribution in [3.8, 4) is 11.8 Å². The smallest absolute Gasteiger partial charge is 0.101 e. The molecule has 1 aromatic heterocycles. The van der Waals surface area contributed by atoms with Gasteiger partial charge < -0.3 is 0 Å². The molecule has 4 heteroatoms. The van der Waals surface area contributed by atoms with E-state index in [0.29, 0.717) is 10.6 Å². The van der Waals surface area contributed by atoms with E-state index in [1.165, 1.54) is 0 Å². The van der Waals surface area contributed by atoms with Gasteiger partial charge in [-0.05, 0) is 37.1 Å². The van der Waals surface area contributed by atoms with E-state index in [1.807, 2.05) is 10.7 Å². The largest absolute Gasteiger partial charge is 0.236 e. The van der Waals surface area contributed by atoms with E-state index < -0.39 is 0 Å². The lowest BCUT2D eigenvalue weighted by Gasteiger charge is -2.08. The molecule has 92 valence electrons. The van der Waals surface area contributed by atoms with Gasteiger partial charge in [-0.1, -0.05) is 25.4 Å². The molecule has 0 unspecified atom stereocenters. The van der Waals surface area contributed by atoms with Crippen molar-refractivity contribution >= 4 is 11.6 Å². The molecule has 0 amide bonds. The highest BCUT2D eigenvalue weighted by atomic mass is 35.5. The van der Waals surface area contributed by atoms with Crippen molar-refractivity contribution in [2.24, 2.45) is 0 Å². The van der Waals surface area contributed by atoms with Crippen molar-refractivity contribution in [1.82, 2.24) is 9.78 Å². The first-order valence-electron chi connectivity index (χ1n) is 5.97. The van der Waals surface area contributed by atoms with Crippen LogP contribution in [-0.4, -0.2) is 9.78 Å². The van der Waals surface area contributed by atoms with Crippen LogP contribution in [0.4, 0.5) is 0 Å². The molecule has 18 heavy (non-hydrogen) atoms. The Morgan fingerprint density at radius 1 is 1.28 bits per heavy atom. The van der Waals surface area contributed by atoms with Crippen molar-refractivity contribution < 1.29 is 0 Å². The van der Waals surface area contributed by atoms with E-state index in [2.05, 4.69) is 31.1 Å². The molecule has 0 aliphatic carbocycles. The minimum atomic E-state index is 0.544. The van der Waals surface area contributed by atoms with E-state index in [1.54, 1.807) is 12.1 Å². The van der Waals surface area contributed by atoms with Gasteiger partial charge in [0.25, 0.3) is 0 Å². The lowest BCUT2D eigenvalue weighted by molar-refractivity contribution is 0.792. The molecule has 0 saturated carbocycles. The van der Waals surface area contributed by atoms with Crippen molar-refractivity contribution in [2.75, 3.05) is 0 Å². The molecule has 0 spiro atoms. The van der Waals surface area contributed by atoms with Gasteiger partial charge in [0.15, 0.2) is 0 Å². The number of nitrogens with zero attached hydrogens (tertiary/aromatic N) is 3. The van der Waals surface area contributed by atoms with Gasteiger partial charge in [0.2, 0.25) is 0 Å². The second-order valence-electron chi connectivity index (χ2n) is 4.02. The van der Waals surface area contributed by atoms with Crippen molar-refractivity contribution in [3.63, 3.8) is 0 Å². The summed E-state index contributed by atoms with van der Waals surface area (Å²) in [5.41, 5.74) is 3.47. The summed E-state index contributed by atoms with van der Waals surface area (Å²) in [7, 11) is 0. The van der Waals surface area contributed by atoms with Crippen LogP contribution in [0.3, 0.4) is 0 Å². The fraction of sp³-hybridized carbons (Fsp3) is 0.286. The molecular weight excluding hydrogens is 246 g/mol. The van der Waals surface area contributed by atoms with Gasteiger partial charge in [-0.15, -0.1) is 0 Å². The zero-order valence-corrected chi connectivity index (χ0v) is 11.2. The first-order chi connectivity index (χ1) is 8.69. The number of halogens is 1. The quantitative estimate of drug-likeness (QED) is 0.846. The fourth-order valence-electron chi connectivity index (χ4n) is 1.89. The summed E-state index contributed by atoms with van der Waals surface area (Å²) < 4.78 is 1.84. The number of aromatic nitrogens is 2. The molecule has 0 aliphatic heterocycles. The third-order valence-electron chi connectivity index (χ3n) is 2.87. The summed E-state index contributed by atoms with van der Waals surface area (Å²) in [6.07, 6.45) is 1.76. The summed E-state index contributed by atoms with van der Waals surface area (Å²) in [5.74, 6) is 0. The van der Waals surface area contributed by atoms with Gasteiger partial charge in [0.1, 0.15) is 6.07 Å². The van der Waals surface area contributed by atoms with Crippen LogP contribution in [0, 0.1) is 11.3 Å². The molecule has 0 radical (unpaired) electrons. The fourth-order valence-corrected chi connectivity index (χ4v) is 2.06. The number of nitriles is 1. The Hall–Kier alpha value is -1.79. The van der Waals surface area contributed by atoms with Gasteiger partial charge in [0.05, 0.1) is 16.9 Å². The minimum Gasteiger partial charge on any atom is -0.236 e. The number of hydrogen-bond donors (Lipinski definition) is 0. The zero-order valence-electron chi connectivity index (χ0n) is 10.4. The van der Waals surface area contributed by atoms with Crippen LogP contribution in [0.1, 0.15) is 30.8 Å². The maximum absolute atomic E-state index is 9.18. The number of benzene rings is 1. The van der Waals surface area contributed by atoms with Crippen LogP contribution in [0.25, 0.3) is 5.69 Å². The number of aryl methyl sites for hydroxylation is 2. The molecule has 2 rings (SSSR count). The SMILES string of the molecule is CCc1cc(CC)n(-c2ccc(Cl)cc2C#N)n1. The van der Waals surface area contributed by atoms with Crippen LogP contribution < -0.4 is 0 Å². The molecule has 0 atom stereocenters. The first kappa shape index (κ1) is 12.7. The van der Waals surface area contributed by atoms with Crippen molar-refractivity contribution in [1.29, 1.82) is 5.26 Å².